The van der Waals surface area contributed by atoms with E-state index < -0.39 is 0 Å². The second-order valence-electron chi connectivity index (χ2n) is 2.43. The fraction of sp³-hybridized carbons (Fsp3) is 0.250. The molecule has 0 aliphatic rings. The molecule has 1 aromatic carbocycles. The fourth-order valence-electron chi connectivity index (χ4n) is 0.905. The van der Waals surface area contributed by atoms with Crippen LogP contribution in [0.2, 0.25) is 5.02 Å². The molecule has 2 nitrogen and oxygen atoms in total. The molecule has 0 bridgehead atoms. The maximum absolute atomic E-state index is 8.83. The van der Waals surface area contributed by atoms with Crippen LogP contribution in [-0.4, -0.2) is 11.7 Å². The average Bonchev–Trinajstić information content (AvgIpc) is 2.08. The van der Waals surface area contributed by atoms with Gasteiger partial charge in [0.05, 0.1) is 17.7 Å². The molecule has 3 N–H and O–H groups in total. The lowest BCUT2D eigenvalue weighted by Crippen LogP contribution is -2.15. The van der Waals surface area contributed by atoms with Gasteiger partial charge in [-0.2, -0.15) is 0 Å². The van der Waals surface area contributed by atoms with Crippen LogP contribution in [0.1, 0.15) is 11.6 Å². The Hall–Kier alpha value is 0.160. The Morgan fingerprint density at radius 1 is 1.58 bits per heavy atom. The first-order valence-electron chi connectivity index (χ1n) is 3.47. The molecule has 0 aromatic heterocycles. The van der Waals surface area contributed by atoms with Crippen molar-refractivity contribution in [3.63, 3.8) is 0 Å². The molecule has 0 radical (unpaired) electrons. The van der Waals surface area contributed by atoms with Gasteiger partial charge >= 0.3 is 0 Å². The number of halogens is 2. The molecule has 0 saturated heterocycles. The summed E-state index contributed by atoms with van der Waals surface area (Å²) in [6.45, 7) is -0.0592. The Balaban J connectivity index is 3.07. The molecule has 66 valence electrons. The number of aliphatic hydroxyl groups excluding tert-OH is 1. The molecule has 4 heteroatoms. The second-order valence-corrected chi connectivity index (χ2v) is 3.92. The summed E-state index contributed by atoms with van der Waals surface area (Å²) in [5.41, 5.74) is 6.54. The molecule has 1 atom stereocenters. The molecule has 0 saturated carbocycles. The number of rotatable bonds is 2. The largest absolute Gasteiger partial charge is 0.394 e. The van der Waals surface area contributed by atoms with E-state index in [9.17, 15) is 0 Å². The Morgan fingerprint density at radius 3 is 2.83 bits per heavy atom. The van der Waals surface area contributed by atoms with Crippen LogP contribution < -0.4 is 5.73 Å². The van der Waals surface area contributed by atoms with Crippen LogP contribution in [0.4, 0.5) is 0 Å². The summed E-state index contributed by atoms with van der Waals surface area (Å²) in [6, 6.07) is 5.16. The number of hydrogen-bond acceptors (Lipinski definition) is 2. The summed E-state index contributed by atoms with van der Waals surface area (Å²) in [5.74, 6) is 0. The molecule has 0 heterocycles. The Labute approximate surface area is 89.9 Å². The van der Waals surface area contributed by atoms with E-state index in [0.717, 1.165) is 9.13 Å². The van der Waals surface area contributed by atoms with Crippen LogP contribution in [0, 0.1) is 3.57 Å². The predicted molar refractivity (Wildman–Crippen MR) is 58.2 cm³/mol. The van der Waals surface area contributed by atoms with Crippen molar-refractivity contribution in [2.45, 2.75) is 6.04 Å². The van der Waals surface area contributed by atoms with Crippen molar-refractivity contribution in [2.24, 2.45) is 5.73 Å². The first kappa shape index (κ1) is 10.2. The van der Waals surface area contributed by atoms with Crippen molar-refractivity contribution in [3.8, 4) is 0 Å². The van der Waals surface area contributed by atoms with Gasteiger partial charge in [-0.25, -0.2) is 0 Å². The first-order chi connectivity index (χ1) is 5.66. The van der Waals surface area contributed by atoms with Gasteiger partial charge in [0.25, 0.3) is 0 Å². The van der Waals surface area contributed by atoms with Crippen LogP contribution in [-0.2, 0) is 0 Å². The van der Waals surface area contributed by atoms with E-state index in [1.165, 1.54) is 0 Å². The summed E-state index contributed by atoms with van der Waals surface area (Å²) < 4.78 is 0.915. The number of nitrogens with two attached hydrogens (primary N) is 1. The topological polar surface area (TPSA) is 46.2 Å². The van der Waals surface area contributed by atoms with Crippen LogP contribution in [0.5, 0.6) is 0 Å². The van der Waals surface area contributed by atoms with Gasteiger partial charge in [-0.05, 0) is 34.2 Å². The third-order valence-electron chi connectivity index (χ3n) is 1.58. The summed E-state index contributed by atoms with van der Waals surface area (Å²) in [4.78, 5) is 0. The zero-order valence-electron chi connectivity index (χ0n) is 6.30. The van der Waals surface area contributed by atoms with Crippen LogP contribution in [0.15, 0.2) is 18.2 Å². The molecule has 0 fully saturated rings. The third-order valence-corrected chi connectivity index (χ3v) is 3.42. The summed E-state index contributed by atoms with van der Waals surface area (Å²) in [5, 5.41) is 9.51. The van der Waals surface area contributed by atoms with Crippen LogP contribution in [0.3, 0.4) is 0 Å². The average molecular weight is 298 g/mol. The highest BCUT2D eigenvalue weighted by atomic mass is 127. The number of hydrogen-bond donors (Lipinski definition) is 2. The van der Waals surface area contributed by atoms with E-state index in [2.05, 4.69) is 22.6 Å². The molecule has 1 aromatic rings. The Bertz CT molecular complexity index is 280. The fourth-order valence-corrected chi connectivity index (χ4v) is 1.85. The molecular weight excluding hydrogens is 288 g/mol. The van der Waals surface area contributed by atoms with Crippen molar-refractivity contribution >= 4 is 34.2 Å². The van der Waals surface area contributed by atoms with E-state index in [-0.39, 0.29) is 12.6 Å². The number of aliphatic hydroxyl groups is 1. The van der Waals surface area contributed by atoms with Crippen LogP contribution >= 0.6 is 34.2 Å². The lowest BCUT2D eigenvalue weighted by molar-refractivity contribution is 0.267. The Kier molecular flexibility index (Phi) is 3.77. The highest BCUT2D eigenvalue weighted by Gasteiger charge is 2.09. The molecule has 0 spiro atoms. The van der Waals surface area contributed by atoms with Gasteiger partial charge in [-0.3, -0.25) is 0 Å². The minimum Gasteiger partial charge on any atom is -0.394 e. The minimum absolute atomic E-state index is 0.0592. The van der Waals surface area contributed by atoms with Crippen molar-refractivity contribution in [1.29, 1.82) is 0 Å². The summed E-state index contributed by atoms with van der Waals surface area (Å²) in [6.07, 6.45) is 0. The highest BCUT2D eigenvalue weighted by molar-refractivity contribution is 14.1. The van der Waals surface area contributed by atoms with E-state index in [4.69, 9.17) is 22.4 Å². The molecular formula is C8H9ClINO. The van der Waals surface area contributed by atoms with Crippen LogP contribution in [0.25, 0.3) is 0 Å². The van der Waals surface area contributed by atoms with Gasteiger partial charge in [-0.1, -0.05) is 23.7 Å². The van der Waals surface area contributed by atoms with Crippen molar-refractivity contribution in [2.75, 3.05) is 6.61 Å². The monoisotopic (exact) mass is 297 g/mol. The van der Waals surface area contributed by atoms with Gasteiger partial charge in [0, 0.05) is 3.57 Å². The maximum Gasteiger partial charge on any atom is 0.0624 e. The Morgan fingerprint density at radius 2 is 2.25 bits per heavy atom. The zero-order valence-corrected chi connectivity index (χ0v) is 9.21. The molecule has 0 amide bonds. The first-order valence-corrected chi connectivity index (χ1v) is 4.93. The van der Waals surface area contributed by atoms with Gasteiger partial charge in [0.2, 0.25) is 0 Å². The standard InChI is InChI=1S/C8H9ClINO/c9-6-3-1-2-5(8(6)10)7(11)4-12/h1-3,7,12H,4,11H2. The second kappa shape index (κ2) is 4.41. The third kappa shape index (κ3) is 2.10. The number of benzene rings is 1. The molecule has 1 unspecified atom stereocenters. The normalized spacial score (nSPS) is 13.0. The molecule has 12 heavy (non-hydrogen) atoms. The van der Waals surface area contributed by atoms with E-state index in [0.29, 0.717) is 5.02 Å². The zero-order chi connectivity index (χ0) is 9.14. The van der Waals surface area contributed by atoms with Gasteiger partial charge in [-0.15, -0.1) is 0 Å². The van der Waals surface area contributed by atoms with Crippen molar-refractivity contribution in [1.82, 2.24) is 0 Å². The van der Waals surface area contributed by atoms with E-state index in [1.807, 2.05) is 12.1 Å². The molecule has 0 aliphatic heterocycles. The highest BCUT2D eigenvalue weighted by Crippen LogP contribution is 2.25. The van der Waals surface area contributed by atoms with Crippen molar-refractivity contribution in [3.05, 3.63) is 32.4 Å². The lowest BCUT2D eigenvalue weighted by atomic mass is 10.1. The van der Waals surface area contributed by atoms with E-state index >= 15 is 0 Å². The SMILES string of the molecule is NC(CO)c1cccc(Cl)c1I. The van der Waals surface area contributed by atoms with Crippen molar-refractivity contribution < 1.29 is 5.11 Å². The molecule has 0 aliphatic carbocycles. The lowest BCUT2D eigenvalue weighted by Gasteiger charge is -2.11. The van der Waals surface area contributed by atoms with Gasteiger partial charge in [0.1, 0.15) is 0 Å². The minimum atomic E-state index is -0.337. The summed E-state index contributed by atoms with van der Waals surface area (Å²) in [7, 11) is 0. The van der Waals surface area contributed by atoms with Gasteiger partial charge in [0.15, 0.2) is 0 Å². The van der Waals surface area contributed by atoms with Gasteiger partial charge < -0.3 is 10.8 Å². The summed E-state index contributed by atoms with van der Waals surface area (Å²) >= 11 is 7.99. The quantitative estimate of drug-likeness (QED) is 0.820. The molecule has 1 rings (SSSR count). The maximum atomic E-state index is 8.83. The predicted octanol–water partition coefficient (Wildman–Crippen LogP) is 1.94. The smallest absolute Gasteiger partial charge is 0.0624 e. The van der Waals surface area contributed by atoms with E-state index in [1.54, 1.807) is 6.07 Å².